The first-order valence-electron chi connectivity index (χ1n) is 7.88. The average Bonchev–Trinajstić information content (AvgIpc) is 2.89. The van der Waals surface area contributed by atoms with E-state index in [-0.39, 0.29) is 6.04 Å². The summed E-state index contributed by atoms with van der Waals surface area (Å²) in [5, 5.41) is 0. The topological polar surface area (TPSA) is 43.8 Å². The molecular formula is C19H23N3. The molecule has 0 amide bonds. The van der Waals surface area contributed by atoms with Gasteiger partial charge in [0, 0.05) is 18.2 Å². The van der Waals surface area contributed by atoms with Crippen molar-refractivity contribution in [3.8, 4) is 11.4 Å². The Balaban J connectivity index is 2.18. The molecule has 2 aromatic carbocycles. The highest BCUT2D eigenvalue weighted by molar-refractivity contribution is 5.80. The van der Waals surface area contributed by atoms with Crippen LogP contribution in [0.4, 0.5) is 0 Å². The van der Waals surface area contributed by atoms with E-state index in [2.05, 4.69) is 61.7 Å². The summed E-state index contributed by atoms with van der Waals surface area (Å²) in [6.07, 6.45) is 0.957. The first kappa shape index (κ1) is 14.8. The highest BCUT2D eigenvalue weighted by Gasteiger charge is 2.14. The summed E-state index contributed by atoms with van der Waals surface area (Å²) >= 11 is 0. The van der Waals surface area contributed by atoms with Crippen LogP contribution in [0.1, 0.15) is 24.5 Å². The number of fused-ring (bicyclic) bond motifs is 1. The molecule has 3 heteroatoms. The molecule has 114 valence electrons. The number of imidazole rings is 1. The average molecular weight is 293 g/mol. The van der Waals surface area contributed by atoms with Crippen molar-refractivity contribution in [2.75, 3.05) is 0 Å². The maximum atomic E-state index is 6.21. The number of aryl methyl sites for hydroxylation is 2. The molecule has 0 aliphatic carbocycles. The van der Waals surface area contributed by atoms with Crippen LogP contribution in [0.25, 0.3) is 22.4 Å². The lowest BCUT2D eigenvalue weighted by Gasteiger charge is -2.14. The standard InChI is InChI=1S/C19H23N3/c1-4-16(20)12-22-18-8-6-5-7-17(18)21-19(22)15-10-9-13(2)14(3)11-15/h5-11,16H,4,12,20H2,1-3H3. The summed E-state index contributed by atoms with van der Waals surface area (Å²) in [4.78, 5) is 4.85. The molecule has 0 fully saturated rings. The van der Waals surface area contributed by atoms with Crippen molar-refractivity contribution < 1.29 is 0 Å². The summed E-state index contributed by atoms with van der Waals surface area (Å²) in [5.41, 5.74) is 12.1. The van der Waals surface area contributed by atoms with Gasteiger partial charge in [-0.15, -0.1) is 0 Å². The molecule has 0 aliphatic heterocycles. The van der Waals surface area contributed by atoms with E-state index in [0.29, 0.717) is 0 Å². The molecule has 0 bridgehead atoms. The first-order chi connectivity index (χ1) is 10.6. The number of aromatic nitrogens is 2. The van der Waals surface area contributed by atoms with Gasteiger partial charge in [-0.3, -0.25) is 0 Å². The molecule has 3 nitrogen and oxygen atoms in total. The maximum Gasteiger partial charge on any atom is 0.141 e. The Bertz CT molecular complexity index is 802. The molecule has 1 unspecified atom stereocenters. The van der Waals surface area contributed by atoms with Gasteiger partial charge >= 0.3 is 0 Å². The van der Waals surface area contributed by atoms with E-state index in [4.69, 9.17) is 10.7 Å². The van der Waals surface area contributed by atoms with Crippen molar-refractivity contribution in [3.63, 3.8) is 0 Å². The van der Waals surface area contributed by atoms with Gasteiger partial charge in [0.1, 0.15) is 5.82 Å². The Kier molecular flexibility index (Phi) is 3.99. The predicted octanol–water partition coefficient (Wildman–Crippen LogP) is 4.06. The zero-order chi connectivity index (χ0) is 15.7. The Morgan fingerprint density at radius 2 is 1.86 bits per heavy atom. The van der Waals surface area contributed by atoms with Crippen molar-refractivity contribution >= 4 is 11.0 Å². The van der Waals surface area contributed by atoms with Gasteiger partial charge in [0.25, 0.3) is 0 Å². The quantitative estimate of drug-likeness (QED) is 0.788. The number of nitrogens with two attached hydrogens (primary N) is 1. The van der Waals surface area contributed by atoms with Crippen LogP contribution < -0.4 is 5.73 Å². The largest absolute Gasteiger partial charge is 0.326 e. The van der Waals surface area contributed by atoms with E-state index in [1.807, 2.05) is 6.07 Å². The number of para-hydroxylation sites is 2. The molecule has 0 aliphatic rings. The number of nitrogens with zero attached hydrogens (tertiary/aromatic N) is 2. The molecule has 1 heterocycles. The molecule has 0 spiro atoms. The van der Waals surface area contributed by atoms with E-state index >= 15 is 0 Å². The summed E-state index contributed by atoms with van der Waals surface area (Å²) in [6, 6.07) is 14.9. The second kappa shape index (κ2) is 5.93. The second-order valence-corrected chi connectivity index (χ2v) is 6.00. The normalized spacial score (nSPS) is 12.7. The van der Waals surface area contributed by atoms with E-state index in [0.717, 1.165) is 35.4 Å². The van der Waals surface area contributed by atoms with Crippen LogP contribution in [-0.4, -0.2) is 15.6 Å². The van der Waals surface area contributed by atoms with Gasteiger partial charge in [0.15, 0.2) is 0 Å². The SMILES string of the molecule is CCC(N)Cn1c(-c2ccc(C)c(C)c2)nc2ccccc21. The van der Waals surface area contributed by atoms with Gasteiger partial charge in [-0.1, -0.05) is 31.2 Å². The van der Waals surface area contributed by atoms with E-state index in [1.165, 1.54) is 11.1 Å². The molecule has 3 rings (SSSR count). The van der Waals surface area contributed by atoms with E-state index < -0.39 is 0 Å². The highest BCUT2D eigenvalue weighted by atomic mass is 15.1. The maximum absolute atomic E-state index is 6.21. The Labute approximate surface area is 131 Å². The summed E-state index contributed by atoms with van der Waals surface area (Å²) in [6.45, 7) is 7.19. The van der Waals surface area contributed by atoms with Gasteiger partial charge in [0.05, 0.1) is 11.0 Å². The lowest BCUT2D eigenvalue weighted by Crippen LogP contribution is -2.25. The van der Waals surface area contributed by atoms with Gasteiger partial charge in [-0.2, -0.15) is 0 Å². The summed E-state index contributed by atoms with van der Waals surface area (Å²) in [5.74, 6) is 1.01. The summed E-state index contributed by atoms with van der Waals surface area (Å²) in [7, 11) is 0. The monoisotopic (exact) mass is 293 g/mol. The molecule has 1 atom stereocenters. The van der Waals surface area contributed by atoms with Crippen LogP contribution in [0, 0.1) is 13.8 Å². The molecule has 1 aromatic heterocycles. The third-order valence-corrected chi connectivity index (χ3v) is 4.36. The van der Waals surface area contributed by atoms with Crippen molar-refractivity contribution in [1.29, 1.82) is 0 Å². The van der Waals surface area contributed by atoms with E-state index in [9.17, 15) is 0 Å². The Morgan fingerprint density at radius 1 is 1.09 bits per heavy atom. The van der Waals surface area contributed by atoms with Crippen LogP contribution in [0.3, 0.4) is 0 Å². The van der Waals surface area contributed by atoms with Gasteiger partial charge in [-0.25, -0.2) is 4.98 Å². The summed E-state index contributed by atoms with van der Waals surface area (Å²) < 4.78 is 2.26. The number of hydrogen-bond donors (Lipinski definition) is 1. The fraction of sp³-hybridized carbons (Fsp3) is 0.316. The molecule has 0 saturated carbocycles. The van der Waals surface area contributed by atoms with E-state index in [1.54, 1.807) is 0 Å². The van der Waals surface area contributed by atoms with Crippen molar-refractivity contribution in [1.82, 2.24) is 9.55 Å². The van der Waals surface area contributed by atoms with Gasteiger partial charge < -0.3 is 10.3 Å². The molecule has 3 aromatic rings. The predicted molar refractivity (Wildman–Crippen MR) is 92.9 cm³/mol. The smallest absolute Gasteiger partial charge is 0.141 e. The molecule has 22 heavy (non-hydrogen) atoms. The van der Waals surface area contributed by atoms with Crippen LogP contribution >= 0.6 is 0 Å². The number of hydrogen-bond acceptors (Lipinski definition) is 2. The number of rotatable bonds is 4. The molecular weight excluding hydrogens is 270 g/mol. The third kappa shape index (κ3) is 2.64. The third-order valence-electron chi connectivity index (χ3n) is 4.36. The zero-order valence-electron chi connectivity index (χ0n) is 13.5. The highest BCUT2D eigenvalue weighted by Crippen LogP contribution is 2.26. The molecule has 2 N–H and O–H groups in total. The minimum Gasteiger partial charge on any atom is -0.326 e. The fourth-order valence-corrected chi connectivity index (χ4v) is 2.72. The second-order valence-electron chi connectivity index (χ2n) is 6.00. The molecule has 0 saturated heterocycles. The van der Waals surface area contributed by atoms with Crippen LogP contribution in [0.2, 0.25) is 0 Å². The first-order valence-corrected chi connectivity index (χ1v) is 7.88. The fourth-order valence-electron chi connectivity index (χ4n) is 2.72. The van der Waals surface area contributed by atoms with Crippen LogP contribution in [0.15, 0.2) is 42.5 Å². The lowest BCUT2D eigenvalue weighted by molar-refractivity contribution is 0.551. The Morgan fingerprint density at radius 3 is 2.59 bits per heavy atom. The minimum atomic E-state index is 0.142. The van der Waals surface area contributed by atoms with Crippen LogP contribution in [0.5, 0.6) is 0 Å². The zero-order valence-corrected chi connectivity index (χ0v) is 13.5. The lowest BCUT2D eigenvalue weighted by atomic mass is 10.1. The van der Waals surface area contributed by atoms with Crippen molar-refractivity contribution in [2.24, 2.45) is 5.73 Å². The van der Waals surface area contributed by atoms with Gasteiger partial charge in [-0.05, 0) is 49.6 Å². The van der Waals surface area contributed by atoms with Crippen molar-refractivity contribution in [3.05, 3.63) is 53.6 Å². The van der Waals surface area contributed by atoms with Crippen molar-refractivity contribution in [2.45, 2.75) is 39.8 Å². The molecule has 0 radical (unpaired) electrons. The van der Waals surface area contributed by atoms with Crippen LogP contribution in [-0.2, 0) is 6.54 Å². The van der Waals surface area contributed by atoms with Gasteiger partial charge in [0.2, 0.25) is 0 Å². The minimum absolute atomic E-state index is 0.142. The number of benzene rings is 2. The Hall–Kier alpha value is -2.13.